The predicted molar refractivity (Wildman–Crippen MR) is 81.3 cm³/mol. The van der Waals surface area contributed by atoms with E-state index in [9.17, 15) is 13.4 Å². The second-order valence-electron chi connectivity index (χ2n) is 5.54. The van der Waals surface area contributed by atoms with Crippen molar-refractivity contribution in [2.45, 2.75) is 30.6 Å². The highest BCUT2D eigenvalue weighted by atomic mass is 32.2. The zero-order chi connectivity index (χ0) is 15.7. The second kappa shape index (κ2) is 6.07. The van der Waals surface area contributed by atoms with Gasteiger partial charge in [0.15, 0.2) is 11.5 Å². The maximum absolute atomic E-state index is 12.7. The van der Waals surface area contributed by atoms with Crippen LogP contribution in [0.5, 0.6) is 11.5 Å². The molecule has 1 aromatic carbocycles. The minimum absolute atomic E-state index is 0.120. The predicted octanol–water partition coefficient (Wildman–Crippen LogP) is 0.268. The molecule has 3 rings (SSSR count). The summed E-state index contributed by atoms with van der Waals surface area (Å²) in [5.74, 6) is 1.03. The summed E-state index contributed by atoms with van der Waals surface area (Å²) >= 11 is 0. The summed E-state index contributed by atoms with van der Waals surface area (Å²) in [6.07, 6.45) is 1.35. The van der Waals surface area contributed by atoms with Crippen molar-refractivity contribution in [2.24, 2.45) is 0 Å². The van der Waals surface area contributed by atoms with Crippen molar-refractivity contribution in [3.05, 3.63) is 18.2 Å². The number of rotatable bonds is 4. The van der Waals surface area contributed by atoms with Crippen molar-refractivity contribution in [3.8, 4) is 11.5 Å². The number of benzene rings is 1. The normalized spacial score (nSPS) is 19.4. The van der Waals surface area contributed by atoms with Crippen molar-refractivity contribution in [3.63, 3.8) is 0 Å². The Bertz CT molecular complexity index is 644. The highest BCUT2D eigenvalue weighted by Gasteiger charge is 2.31. The molecule has 2 aliphatic heterocycles. The van der Waals surface area contributed by atoms with Crippen LogP contribution in [0.25, 0.3) is 0 Å². The van der Waals surface area contributed by atoms with E-state index in [1.165, 1.54) is 10.4 Å². The van der Waals surface area contributed by atoms with Crippen molar-refractivity contribution < 1.29 is 22.9 Å². The summed E-state index contributed by atoms with van der Waals surface area (Å²) in [5.41, 5.74) is 0. The van der Waals surface area contributed by atoms with E-state index in [0.29, 0.717) is 37.4 Å². The molecule has 0 bridgehead atoms. The van der Waals surface area contributed by atoms with Gasteiger partial charge in [-0.05, 0) is 31.8 Å². The molecule has 0 aromatic heterocycles. The van der Waals surface area contributed by atoms with E-state index >= 15 is 0 Å². The van der Waals surface area contributed by atoms with Crippen LogP contribution < -0.4 is 14.7 Å². The first-order valence-electron chi connectivity index (χ1n) is 7.31. The Morgan fingerprint density at radius 2 is 1.95 bits per heavy atom. The molecule has 1 aromatic rings. The van der Waals surface area contributed by atoms with Gasteiger partial charge in [0.2, 0.25) is 16.8 Å². The molecule has 1 fully saturated rings. The van der Waals surface area contributed by atoms with Gasteiger partial charge >= 0.3 is 7.05 Å². The maximum atomic E-state index is 12.7. The third kappa shape index (κ3) is 3.07. The lowest BCUT2D eigenvalue weighted by Crippen LogP contribution is -2.48. The van der Waals surface area contributed by atoms with Crippen LogP contribution in [0.15, 0.2) is 23.1 Å². The van der Waals surface area contributed by atoms with Crippen LogP contribution >= 0.6 is 0 Å². The Kier molecular flexibility index (Phi) is 4.31. The molecular formula is C13H19BN2O5S. The van der Waals surface area contributed by atoms with E-state index in [4.69, 9.17) is 9.47 Å². The van der Waals surface area contributed by atoms with Crippen molar-refractivity contribution in [2.75, 3.05) is 19.9 Å². The Morgan fingerprint density at radius 1 is 1.27 bits per heavy atom. The summed E-state index contributed by atoms with van der Waals surface area (Å²) in [6, 6.07) is 4.82. The largest absolute Gasteiger partial charge is 0.454 e. The van der Waals surface area contributed by atoms with Crippen LogP contribution in [0, 0.1) is 0 Å². The maximum Gasteiger partial charge on any atom is 0.373 e. The van der Waals surface area contributed by atoms with Gasteiger partial charge in [-0.2, -0.15) is 4.31 Å². The fourth-order valence-electron chi connectivity index (χ4n) is 2.79. The van der Waals surface area contributed by atoms with Crippen molar-refractivity contribution in [1.82, 2.24) is 9.53 Å². The van der Waals surface area contributed by atoms with Crippen LogP contribution in [-0.4, -0.2) is 50.7 Å². The number of fused-ring (bicyclic) bond motifs is 1. The SMILES string of the molecule is CB(O)NC1CCN(S(=O)(=O)c2ccc3c(c2)OCO3)CC1. The van der Waals surface area contributed by atoms with Crippen LogP contribution in [0.3, 0.4) is 0 Å². The van der Waals surface area contributed by atoms with E-state index in [2.05, 4.69) is 5.23 Å². The van der Waals surface area contributed by atoms with E-state index in [0.717, 1.165) is 0 Å². The summed E-state index contributed by atoms with van der Waals surface area (Å²) in [6.45, 7) is 2.65. The van der Waals surface area contributed by atoms with Gasteiger partial charge in [-0.15, -0.1) is 0 Å². The van der Waals surface area contributed by atoms with Crippen LogP contribution in [0.2, 0.25) is 6.82 Å². The lowest BCUT2D eigenvalue weighted by atomic mass is 9.85. The van der Waals surface area contributed by atoms with E-state index < -0.39 is 17.1 Å². The minimum Gasteiger partial charge on any atom is -0.454 e. The number of hydrogen-bond donors (Lipinski definition) is 2. The summed E-state index contributed by atoms with van der Waals surface area (Å²) in [5, 5.41) is 12.4. The van der Waals surface area contributed by atoms with E-state index in [-0.39, 0.29) is 17.7 Å². The van der Waals surface area contributed by atoms with Gasteiger partial charge < -0.3 is 19.7 Å². The third-order valence-electron chi connectivity index (χ3n) is 3.91. The fourth-order valence-corrected chi connectivity index (χ4v) is 4.28. The molecule has 0 atom stereocenters. The van der Waals surface area contributed by atoms with Gasteiger partial charge in [-0.1, -0.05) is 0 Å². The standard InChI is InChI=1S/C13H19BN2O5S/c1-14(17)15-10-4-6-16(7-5-10)22(18,19)11-2-3-12-13(8-11)21-9-20-12/h2-3,8,10,15,17H,4-7,9H2,1H3. The number of nitrogens with zero attached hydrogens (tertiary/aromatic N) is 1. The number of nitrogens with one attached hydrogen (secondary N) is 1. The molecule has 0 radical (unpaired) electrons. The highest BCUT2D eigenvalue weighted by molar-refractivity contribution is 7.89. The average molecular weight is 326 g/mol. The quantitative estimate of drug-likeness (QED) is 0.772. The summed E-state index contributed by atoms with van der Waals surface area (Å²) in [4.78, 5) is 0.221. The topological polar surface area (TPSA) is 88.1 Å². The minimum atomic E-state index is -3.53. The lowest BCUT2D eigenvalue weighted by Gasteiger charge is -2.32. The molecule has 0 amide bonds. The molecule has 0 unspecified atom stereocenters. The molecule has 0 spiro atoms. The molecule has 1 saturated heterocycles. The lowest BCUT2D eigenvalue weighted by molar-refractivity contribution is 0.174. The Hall–Kier alpha value is -1.29. The molecule has 0 saturated carbocycles. The van der Waals surface area contributed by atoms with E-state index in [1.54, 1.807) is 19.0 Å². The number of ether oxygens (including phenoxy) is 2. The van der Waals surface area contributed by atoms with Crippen LogP contribution in [0.1, 0.15) is 12.8 Å². The van der Waals surface area contributed by atoms with Gasteiger partial charge in [0.1, 0.15) is 0 Å². The molecule has 0 aliphatic carbocycles. The molecule has 2 aliphatic rings. The Labute approximate surface area is 130 Å². The van der Waals surface area contributed by atoms with Crippen LogP contribution in [0.4, 0.5) is 0 Å². The van der Waals surface area contributed by atoms with Gasteiger partial charge in [-0.3, -0.25) is 0 Å². The van der Waals surface area contributed by atoms with Gasteiger partial charge in [0, 0.05) is 25.2 Å². The second-order valence-corrected chi connectivity index (χ2v) is 7.47. The van der Waals surface area contributed by atoms with Crippen molar-refractivity contribution in [1.29, 1.82) is 0 Å². The molecule has 22 heavy (non-hydrogen) atoms. The monoisotopic (exact) mass is 326 g/mol. The third-order valence-corrected chi connectivity index (χ3v) is 5.81. The molecule has 120 valence electrons. The number of sulfonamides is 1. The number of piperidine rings is 1. The van der Waals surface area contributed by atoms with Gasteiger partial charge in [0.25, 0.3) is 0 Å². The average Bonchev–Trinajstić information content (AvgIpc) is 2.94. The molecular weight excluding hydrogens is 307 g/mol. The molecule has 2 heterocycles. The first kappa shape index (κ1) is 15.6. The molecule has 7 nitrogen and oxygen atoms in total. The Morgan fingerprint density at radius 3 is 2.64 bits per heavy atom. The zero-order valence-corrected chi connectivity index (χ0v) is 13.2. The van der Waals surface area contributed by atoms with Crippen molar-refractivity contribution >= 4 is 17.1 Å². The number of hydrogen-bond acceptors (Lipinski definition) is 6. The smallest absolute Gasteiger partial charge is 0.373 e. The first-order valence-corrected chi connectivity index (χ1v) is 8.75. The zero-order valence-electron chi connectivity index (χ0n) is 12.4. The fraction of sp³-hybridized carbons (Fsp3) is 0.538. The molecule has 9 heteroatoms. The Balaban J connectivity index is 1.71. The summed E-state index contributed by atoms with van der Waals surface area (Å²) < 4.78 is 37.3. The summed E-state index contributed by atoms with van der Waals surface area (Å²) in [7, 11) is -4.11. The van der Waals surface area contributed by atoms with Gasteiger partial charge in [0.05, 0.1) is 4.90 Å². The van der Waals surface area contributed by atoms with Gasteiger partial charge in [-0.25, -0.2) is 8.42 Å². The first-order chi connectivity index (χ1) is 10.5. The van der Waals surface area contributed by atoms with E-state index in [1.807, 2.05) is 0 Å². The molecule has 2 N–H and O–H groups in total. The highest BCUT2D eigenvalue weighted by Crippen LogP contribution is 2.35. The van der Waals surface area contributed by atoms with Crippen LogP contribution in [-0.2, 0) is 10.0 Å².